The molecule has 1 heterocycles. The number of aliphatic hydroxyl groups excluding tert-OH is 1. The number of hydrogen-bond acceptors (Lipinski definition) is 3. The monoisotopic (exact) mass is 367 g/mol. The third-order valence-corrected chi connectivity index (χ3v) is 7.58. The van der Waals surface area contributed by atoms with Gasteiger partial charge in [0.25, 0.3) is 0 Å². The fraction of sp³-hybridized carbons (Fsp3) is 0.632. The Kier molecular flexibility index (Phi) is 6.77. The normalized spacial score (nSPS) is 26.6. The van der Waals surface area contributed by atoms with Crippen LogP contribution in [-0.2, 0) is 16.0 Å². The van der Waals surface area contributed by atoms with Gasteiger partial charge in [0.2, 0.25) is 14.3 Å². The van der Waals surface area contributed by atoms with Crippen molar-refractivity contribution in [2.24, 2.45) is 5.92 Å². The van der Waals surface area contributed by atoms with Crippen molar-refractivity contribution in [3.8, 4) is 0 Å². The van der Waals surface area contributed by atoms with Crippen LogP contribution in [0, 0.1) is 5.92 Å². The lowest BCUT2D eigenvalue weighted by Crippen LogP contribution is -2.36. The molecule has 0 radical (unpaired) electrons. The first-order valence-corrected chi connectivity index (χ1v) is 12.0. The van der Waals surface area contributed by atoms with Gasteiger partial charge in [-0.2, -0.15) is 0 Å². The molecule has 0 aliphatic carbocycles. The van der Waals surface area contributed by atoms with Crippen LogP contribution in [0.25, 0.3) is 0 Å². The summed E-state index contributed by atoms with van der Waals surface area (Å²) < 4.78 is 20.9. The highest BCUT2D eigenvalue weighted by molar-refractivity contribution is 6.72. The maximum Gasteiger partial charge on any atom is 0.246 e. The van der Waals surface area contributed by atoms with Crippen LogP contribution in [0.5, 0.6) is 0 Å². The molecule has 1 fully saturated rings. The highest BCUT2D eigenvalue weighted by atomic mass is 28.4. The van der Waals surface area contributed by atoms with Gasteiger partial charge in [0.05, 0.1) is 12.2 Å². The number of halogens is 1. The lowest BCUT2D eigenvalue weighted by atomic mass is 9.95. The Morgan fingerprint density at radius 3 is 2.40 bits per heavy atom. The van der Waals surface area contributed by atoms with E-state index in [0.717, 1.165) is 18.5 Å². The third kappa shape index (κ3) is 5.36. The maximum atomic E-state index is 14.7. The summed E-state index contributed by atoms with van der Waals surface area (Å²) in [6.45, 7) is 7.09. The van der Waals surface area contributed by atoms with Gasteiger partial charge in [-0.3, -0.25) is 4.79 Å². The van der Waals surface area contributed by atoms with Crippen molar-refractivity contribution in [3.05, 3.63) is 29.8 Å². The minimum absolute atomic E-state index is 0.0269. The SMILES string of the molecule is CC(=O)Nc1ccc(CC[C@@H]2O[C@H](CCO)[C@@H]([Si](C)(C)F)[C@@H]2C)cc1. The van der Waals surface area contributed by atoms with Crippen LogP contribution in [0.3, 0.4) is 0 Å². The van der Waals surface area contributed by atoms with E-state index >= 15 is 0 Å². The van der Waals surface area contributed by atoms with E-state index in [1.807, 2.05) is 24.3 Å². The Hall–Kier alpha value is -1.24. The summed E-state index contributed by atoms with van der Waals surface area (Å²) >= 11 is 0. The Morgan fingerprint density at radius 1 is 1.24 bits per heavy atom. The third-order valence-electron chi connectivity index (χ3n) is 5.10. The summed E-state index contributed by atoms with van der Waals surface area (Å²) in [6.07, 6.45) is 2.06. The predicted molar refractivity (Wildman–Crippen MR) is 101 cm³/mol. The average Bonchev–Trinajstić information content (AvgIpc) is 2.82. The molecule has 0 unspecified atom stereocenters. The van der Waals surface area contributed by atoms with Crippen molar-refractivity contribution in [1.29, 1.82) is 0 Å². The molecule has 1 aromatic rings. The van der Waals surface area contributed by atoms with Crippen LogP contribution >= 0.6 is 0 Å². The topological polar surface area (TPSA) is 58.6 Å². The van der Waals surface area contributed by atoms with E-state index in [2.05, 4.69) is 12.2 Å². The molecular formula is C19H30FNO3Si. The fourth-order valence-corrected chi connectivity index (χ4v) is 6.64. The standard InChI is InChI=1S/C19H30FNO3Si/c1-13-17(24-18(11-12-22)19(13)25(3,4)20)10-7-15-5-8-16(9-6-15)21-14(2)23/h5-6,8-9,13,17-19,22H,7,10-12H2,1-4H3,(H,21,23)/t13-,17+,18-,19+/m1/s1. The zero-order chi connectivity index (χ0) is 18.6. The number of carbonyl (C=O) groups is 1. The largest absolute Gasteiger partial charge is 0.396 e. The maximum absolute atomic E-state index is 14.7. The lowest BCUT2D eigenvalue weighted by molar-refractivity contribution is -0.114. The molecule has 1 aliphatic rings. The van der Waals surface area contributed by atoms with Crippen molar-refractivity contribution in [2.75, 3.05) is 11.9 Å². The van der Waals surface area contributed by atoms with Crippen LogP contribution in [0.2, 0.25) is 18.6 Å². The highest BCUT2D eigenvalue weighted by Crippen LogP contribution is 2.46. The number of benzene rings is 1. The van der Waals surface area contributed by atoms with Gasteiger partial charge in [0.15, 0.2) is 0 Å². The Balaban J connectivity index is 1.97. The molecule has 1 amide bonds. The van der Waals surface area contributed by atoms with Gasteiger partial charge in [-0.05, 0) is 56.0 Å². The van der Waals surface area contributed by atoms with E-state index in [1.54, 1.807) is 13.1 Å². The number of ether oxygens (including phenoxy) is 1. The van der Waals surface area contributed by atoms with Gasteiger partial charge < -0.3 is 19.3 Å². The van der Waals surface area contributed by atoms with E-state index in [1.165, 1.54) is 12.5 Å². The smallest absolute Gasteiger partial charge is 0.246 e. The highest BCUT2D eigenvalue weighted by Gasteiger charge is 2.50. The summed E-state index contributed by atoms with van der Waals surface area (Å²) in [7, 11) is -2.84. The Labute approximate surface area is 151 Å². The van der Waals surface area contributed by atoms with Gasteiger partial charge in [-0.1, -0.05) is 19.1 Å². The van der Waals surface area contributed by atoms with E-state index in [9.17, 15) is 14.0 Å². The van der Waals surface area contributed by atoms with Gasteiger partial charge >= 0.3 is 0 Å². The second kappa shape index (κ2) is 8.43. The Morgan fingerprint density at radius 2 is 1.88 bits per heavy atom. The van der Waals surface area contributed by atoms with E-state index in [-0.39, 0.29) is 36.2 Å². The van der Waals surface area contributed by atoms with Crippen LogP contribution in [0.15, 0.2) is 24.3 Å². The minimum Gasteiger partial charge on any atom is -0.396 e. The number of hydrogen-bond donors (Lipinski definition) is 2. The predicted octanol–water partition coefficient (Wildman–Crippen LogP) is 3.91. The molecule has 0 spiro atoms. The van der Waals surface area contributed by atoms with Crippen molar-refractivity contribution in [2.45, 2.75) is 64.0 Å². The summed E-state index contributed by atoms with van der Waals surface area (Å²) in [5, 5.41) is 12.0. The first-order valence-electron chi connectivity index (χ1n) is 9.04. The summed E-state index contributed by atoms with van der Waals surface area (Å²) in [5.74, 6) is 0.0850. The van der Waals surface area contributed by atoms with Crippen LogP contribution in [-0.4, -0.2) is 38.2 Å². The molecule has 1 aromatic carbocycles. The van der Waals surface area contributed by atoms with Gasteiger partial charge in [0.1, 0.15) is 0 Å². The zero-order valence-corrected chi connectivity index (χ0v) is 16.6. The summed E-state index contributed by atoms with van der Waals surface area (Å²) in [5.41, 5.74) is 1.89. The molecule has 4 nitrogen and oxygen atoms in total. The van der Waals surface area contributed by atoms with E-state index in [0.29, 0.717) is 6.42 Å². The van der Waals surface area contributed by atoms with Crippen LogP contribution in [0.4, 0.5) is 9.80 Å². The molecule has 1 aliphatic heterocycles. The molecule has 2 rings (SSSR count). The van der Waals surface area contributed by atoms with Gasteiger partial charge in [-0.25, -0.2) is 0 Å². The molecule has 0 aromatic heterocycles. The summed E-state index contributed by atoms with van der Waals surface area (Å²) in [6, 6.07) is 7.79. The molecule has 4 atom stereocenters. The van der Waals surface area contributed by atoms with Gasteiger partial charge in [0, 0.05) is 24.8 Å². The quantitative estimate of drug-likeness (QED) is 0.567. The van der Waals surface area contributed by atoms with Gasteiger partial charge in [-0.15, -0.1) is 0 Å². The second-order valence-corrected chi connectivity index (χ2v) is 11.4. The van der Waals surface area contributed by atoms with Crippen LogP contribution in [0.1, 0.15) is 32.3 Å². The summed E-state index contributed by atoms with van der Waals surface area (Å²) in [4.78, 5) is 11.1. The van der Waals surface area contributed by atoms with Crippen molar-refractivity contribution in [3.63, 3.8) is 0 Å². The first kappa shape index (κ1) is 20.1. The lowest BCUT2D eigenvalue weighted by Gasteiger charge is -2.28. The number of carbonyl (C=O) groups excluding carboxylic acids is 1. The minimum atomic E-state index is -2.84. The number of amides is 1. The second-order valence-electron chi connectivity index (χ2n) is 7.59. The number of aliphatic hydroxyl groups is 1. The average molecular weight is 368 g/mol. The molecule has 0 bridgehead atoms. The molecule has 6 heteroatoms. The molecule has 140 valence electrons. The number of aryl methyl sites for hydroxylation is 1. The fourth-order valence-electron chi connectivity index (χ4n) is 4.04. The van der Waals surface area contributed by atoms with E-state index < -0.39 is 8.41 Å². The van der Waals surface area contributed by atoms with Crippen LogP contribution < -0.4 is 5.32 Å². The molecular weight excluding hydrogens is 337 g/mol. The zero-order valence-electron chi connectivity index (χ0n) is 15.6. The first-order chi connectivity index (χ1) is 11.7. The number of nitrogens with one attached hydrogen (secondary N) is 1. The van der Waals surface area contributed by atoms with Crippen molar-refractivity contribution in [1.82, 2.24) is 0 Å². The molecule has 25 heavy (non-hydrogen) atoms. The number of rotatable bonds is 7. The van der Waals surface area contributed by atoms with E-state index in [4.69, 9.17) is 4.74 Å². The Bertz CT molecular complexity index is 573. The number of anilines is 1. The molecule has 1 saturated heterocycles. The molecule has 0 saturated carbocycles. The van der Waals surface area contributed by atoms with Crippen molar-refractivity contribution < 1.29 is 18.7 Å². The van der Waals surface area contributed by atoms with Crippen molar-refractivity contribution >= 4 is 20.0 Å². The molecule has 2 N–H and O–H groups in total.